The molecule has 0 saturated carbocycles. The van der Waals surface area contributed by atoms with Gasteiger partial charge in [0.2, 0.25) is 0 Å². The summed E-state index contributed by atoms with van der Waals surface area (Å²) in [6.45, 7) is 3.44. The van der Waals surface area contributed by atoms with E-state index in [1.165, 1.54) is 25.9 Å². The molecule has 3 aliphatic rings. The smallest absolute Gasteiger partial charge is 0.193 e. The van der Waals surface area contributed by atoms with E-state index in [1.807, 2.05) is 24.3 Å². The third kappa shape index (κ3) is 3.19. The zero-order chi connectivity index (χ0) is 16.5. The first kappa shape index (κ1) is 15.7. The van der Waals surface area contributed by atoms with Crippen LogP contribution in [0.5, 0.6) is 5.75 Å². The number of halogens is 1. The van der Waals surface area contributed by atoms with Crippen LogP contribution in [0.15, 0.2) is 48.5 Å². The molecule has 24 heavy (non-hydrogen) atoms. The summed E-state index contributed by atoms with van der Waals surface area (Å²) in [5.74, 6) is 1.52. The van der Waals surface area contributed by atoms with Gasteiger partial charge in [-0.3, -0.25) is 9.69 Å². The first-order valence-corrected chi connectivity index (χ1v) is 8.86. The van der Waals surface area contributed by atoms with Gasteiger partial charge in [-0.1, -0.05) is 11.6 Å². The van der Waals surface area contributed by atoms with Crippen molar-refractivity contribution in [3.63, 3.8) is 0 Å². The lowest BCUT2D eigenvalue weighted by Crippen LogP contribution is -2.52. The predicted molar refractivity (Wildman–Crippen MR) is 94.9 cm³/mol. The average molecular weight is 342 g/mol. The van der Waals surface area contributed by atoms with Crippen molar-refractivity contribution in [2.75, 3.05) is 19.6 Å². The minimum atomic E-state index is 0.000973. The van der Waals surface area contributed by atoms with E-state index < -0.39 is 0 Å². The molecule has 1 atom stereocenters. The molecular formula is C20H20ClNO2. The van der Waals surface area contributed by atoms with Crippen LogP contribution in [0, 0.1) is 5.92 Å². The molecule has 3 aliphatic heterocycles. The maximum atomic E-state index is 12.5. The van der Waals surface area contributed by atoms with Gasteiger partial charge in [-0.05, 0) is 80.4 Å². The van der Waals surface area contributed by atoms with Crippen molar-refractivity contribution in [3.8, 4) is 5.75 Å². The maximum Gasteiger partial charge on any atom is 0.193 e. The van der Waals surface area contributed by atoms with Gasteiger partial charge in [0, 0.05) is 22.7 Å². The maximum absolute atomic E-state index is 12.5. The summed E-state index contributed by atoms with van der Waals surface area (Å²) in [5, 5.41) is 0.632. The van der Waals surface area contributed by atoms with Gasteiger partial charge < -0.3 is 4.74 Å². The number of ether oxygens (including phenoxy) is 1. The molecule has 5 rings (SSSR count). The number of fused-ring (bicyclic) bond motifs is 3. The molecule has 0 aliphatic carbocycles. The van der Waals surface area contributed by atoms with E-state index in [0.29, 0.717) is 22.1 Å². The van der Waals surface area contributed by atoms with E-state index in [4.69, 9.17) is 16.3 Å². The van der Waals surface area contributed by atoms with Crippen LogP contribution in [0.4, 0.5) is 0 Å². The molecule has 0 amide bonds. The van der Waals surface area contributed by atoms with Crippen LogP contribution in [0.1, 0.15) is 28.8 Å². The van der Waals surface area contributed by atoms with Crippen LogP contribution < -0.4 is 4.74 Å². The van der Waals surface area contributed by atoms with E-state index in [1.54, 1.807) is 24.3 Å². The molecule has 3 heterocycles. The Bertz CT molecular complexity index is 718. The molecule has 0 unspecified atom stereocenters. The molecule has 2 aromatic carbocycles. The number of rotatable bonds is 4. The molecule has 0 N–H and O–H groups in total. The van der Waals surface area contributed by atoms with Crippen molar-refractivity contribution in [1.82, 2.24) is 4.90 Å². The van der Waals surface area contributed by atoms with E-state index in [-0.39, 0.29) is 11.9 Å². The number of piperidine rings is 3. The fourth-order valence-electron chi connectivity index (χ4n) is 3.67. The monoisotopic (exact) mass is 341 g/mol. The van der Waals surface area contributed by atoms with Gasteiger partial charge in [0.1, 0.15) is 11.9 Å². The van der Waals surface area contributed by atoms with Crippen LogP contribution in [-0.2, 0) is 0 Å². The Labute approximate surface area is 147 Å². The van der Waals surface area contributed by atoms with Crippen molar-refractivity contribution >= 4 is 17.4 Å². The molecule has 3 fully saturated rings. The molecule has 4 heteroatoms. The Morgan fingerprint density at radius 2 is 1.54 bits per heavy atom. The van der Waals surface area contributed by atoms with Crippen LogP contribution >= 0.6 is 11.6 Å². The lowest BCUT2D eigenvalue weighted by Gasteiger charge is -2.44. The third-order valence-electron chi connectivity index (χ3n) is 5.11. The predicted octanol–water partition coefficient (Wildman–Crippen LogP) is 4.04. The molecule has 0 radical (unpaired) electrons. The van der Waals surface area contributed by atoms with Gasteiger partial charge in [-0.15, -0.1) is 0 Å². The van der Waals surface area contributed by atoms with Gasteiger partial charge >= 0.3 is 0 Å². The number of hydrogen-bond acceptors (Lipinski definition) is 3. The number of ketones is 1. The largest absolute Gasteiger partial charge is 0.489 e. The first-order valence-electron chi connectivity index (χ1n) is 8.48. The van der Waals surface area contributed by atoms with Gasteiger partial charge in [-0.2, -0.15) is 0 Å². The van der Waals surface area contributed by atoms with Crippen LogP contribution in [-0.4, -0.2) is 36.4 Å². The highest BCUT2D eigenvalue weighted by atomic mass is 35.5. The highest BCUT2D eigenvalue weighted by Gasteiger charge is 2.35. The van der Waals surface area contributed by atoms with Gasteiger partial charge in [-0.25, -0.2) is 0 Å². The Morgan fingerprint density at radius 3 is 2.08 bits per heavy atom. The lowest BCUT2D eigenvalue weighted by molar-refractivity contribution is -0.00776. The summed E-state index contributed by atoms with van der Waals surface area (Å²) in [5.41, 5.74) is 1.31. The summed E-state index contributed by atoms with van der Waals surface area (Å²) >= 11 is 5.87. The number of carbonyl (C=O) groups is 1. The minimum absolute atomic E-state index is 0.000973. The summed E-state index contributed by atoms with van der Waals surface area (Å²) in [6.07, 6.45) is 2.75. The minimum Gasteiger partial charge on any atom is -0.489 e. The molecule has 2 bridgehead atoms. The lowest BCUT2D eigenvalue weighted by atomic mass is 9.86. The summed E-state index contributed by atoms with van der Waals surface area (Å²) in [4.78, 5) is 14.9. The number of hydrogen-bond donors (Lipinski definition) is 0. The SMILES string of the molecule is O=C(c1ccc(Cl)cc1)c1ccc(O[C@H]2CN3CCC2CC3)cc1. The van der Waals surface area contributed by atoms with E-state index in [9.17, 15) is 4.79 Å². The summed E-state index contributed by atoms with van der Waals surface area (Å²) in [7, 11) is 0. The number of carbonyl (C=O) groups excluding carboxylic acids is 1. The Kier molecular flexibility index (Phi) is 4.30. The molecule has 3 nitrogen and oxygen atoms in total. The van der Waals surface area contributed by atoms with Crippen molar-refractivity contribution in [3.05, 3.63) is 64.7 Å². The standard InChI is InChI=1S/C20H20ClNO2/c21-17-5-1-15(2-6-17)20(23)16-3-7-18(8-4-16)24-19-13-22-11-9-14(19)10-12-22/h1-8,14,19H,9-13H2/t19-/m0/s1. The number of nitrogens with zero attached hydrogens (tertiary/aromatic N) is 1. The quantitative estimate of drug-likeness (QED) is 0.786. The Balaban J connectivity index is 1.44. The summed E-state index contributed by atoms with van der Waals surface area (Å²) in [6, 6.07) is 14.5. The van der Waals surface area contributed by atoms with Crippen molar-refractivity contribution < 1.29 is 9.53 Å². The van der Waals surface area contributed by atoms with E-state index in [0.717, 1.165) is 12.3 Å². The topological polar surface area (TPSA) is 29.5 Å². The van der Waals surface area contributed by atoms with E-state index >= 15 is 0 Å². The molecular weight excluding hydrogens is 322 g/mol. The van der Waals surface area contributed by atoms with Gasteiger partial charge in [0.25, 0.3) is 0 Å². The van der Waals surface area contributed by atoms with Crippen LogP contribution in [0.3, 0.4) is 0 Å². The van der Waals surface area contributed by atoms with Crippen LogP contribution in [0.25, 0.3) is 0 Å². The Morgan fingerprint density at radius 1 is 0.958 bits per heavy atom. The van der Waals surface area contributed by atoms with E-state index in [2.05, 4.69) is 4.90 Å². The number of benzene rings is 2. The molecule has 0 spiro atoms. The molecule has 124 valence electrons. The molecule has 0 aromatic heterocycles. The zero-order valence-corrected chi connectivity index (χ0v) is 14.2. The molecule has 2 aromatic rings. The Hall–Kier alpha value is -1.84. The normalized spacial score (nSPS) is 25.5. The fourth-order valence-corrected chi connectivity index (χ4v) is 3.80. The van der Waals surface area contributed by atoms with Crippen LogP contribution in [0.2, 0.25) is 5.02 Å². The zero-order valence-electron chi connectivity index (χ0n) is 13.5. The second-order valence-corrected chi connectivity index (χ2v) is 7.09. The fraction of sp³-hybridized carbons (Fsp3) is 0.350. The second kappa shape index (κ2) is 6.58. The summed E-state index contributed by atoms with van der Waals surface area (Å²) < 4.78 is 6.17. The van der Waals surface area contributed by atoms with Gasteiger partial charge in [0.05, 0.1) is 0 Å². The van der Waals surface area contributed by atoms with Crippen molar-refractivity contribution in [2.24, 2.45) is 5.92 Å². The second-order valence-electron chi connectivity index (χ2n) is 6.65. The third-order valence-corrected chi connectivity index (χ3v) is 5.36. The molecule has 3 saturated heterocycles. The van der Waals surface area contributed by atoms with Crippen molar-refractivity contribution in [2.45, 2.75) is 18.9 Å². The first-order chi connectivity index (χ1) is 11.7. The van der Waals surface area contributed by atoms with Gasteiger partial charge in [0.15, 0.2) is 5.78 Å². The van der Waals surface area contributed by atoms with Crippen molar-refractivity contribution in [1.29, 1.82) is 0 Å². The highest BCUT2D eigenvalue weighted by Crippen LogP contribution is 2.30. The highest BCUT2D eigenvalue weighted by molar-refractivity contribution is 6.30. The average Bonchev–Trinajstić information content (AvgIpc) is 2.63.